The zero-order valence-electron chi connectivity index (χ0n) is 23.5. The molecule has 1 heterocycles. The Morgan fingerprint density at radius 2 is 1.85 bits per heavy atom. The third kappa shape index (κ3) is 7.94. The van der Waals surface area contributed by atoms with Crippen molar-refractivity contribution in [1.29, 1.82) is 0 Å². The molecule has 0 saturated carbocycles. The zero-order valence-corrected chi connectivity index (χ0v) is 24.3. The number of hydrogen-bond acceptors (Lipinski definition) is 4. The van der Waals surface area contributed by atoms with Gasteiger partial charge in [0.05, 0.1) is 12.5 Å². The lowest BCUT2D eigenvalue weighted by atomic mass is 9.96. The molecule has 2 N–H and O–H groups in total. The van der Waals surface area contributed by atoms with Gasteiger partial charge in [-0.3, -0.25) is 9.59 Å². The highest BCUT2D eigenvalue weighted by Gasteiger charge is 2.37. The van der Waals surface area contributed by atoms with Crippen molar-refractivity contribution in [2.24, 2.45) is 0 Å². The van der Waals surface area contributed by atoms with E-state index in [9.17, 15) is 14.7 Å². The number of ether oxygens (including phenoxy) is 1. The number of benzene rings is 3. The number of likely N-dealkylation sites (tertiary alicyclic amines) is 1. The molecular weight excluding hydrogens is 524 g/mol. The minimum absolute atomic E-state index is 0.150. The molecule has 6 nitrogen and oxygen atoms in total. The van der Waals surface area contributed by atoms with E-state index in [2.05, 4.69) is 48.6 Å². The highest BCUT2D eigenvalue weighted by Crippen LogP contribution is 2.34. The second-order valence-electron chi connectivity index (χ2n) is 10.9. The van der Waals surface area contributed by atoms with Gasteiger partial charge in [-0.15, -0.1) is 0 Å². The first kappa shape index (κ1) is 29.8. The lowest BCUT2D eigenvalue weighted by molar-refractivity contribution is -0.212. The van der Waals surface area contributed by atoms with Crippen LogP contribution in [0.25, 0.3) is 11.1 Å². The first-order chi connectivity index (χ1) is 19.1. The van der Waals surface area contributed by atoms with E-state index in [1.165, 1.54) is 25.0 Å². The molecule has 3 aromatic rings. The van der Waals surface area contributed by atoms with E-state index in [0.29, 0.717) is 18.1 Å². The van der Waals surface area contributed by atoms with Gasteiger partial charge in [0.25, 0.3) is 5.91 Å². The van der Waals surface area contributed by atoms with Gasteiger partial charge in [-0.05, 0) is 73.1 Å². The van der Waals surface area contributed by atoms with E-state index >= 15 is 0 Å². The first-order valence-electron chi connectivity index (χ1n) is 14.0. The summed E-state index contributed by atoms with van der Waals surface area (Å²) in [5.41, 5.74) is 5.60. The molecule has 1 aliphatic rings. The van der Waals surface area contributed by atoms with Gasteiger partial charge in [-0.2, -0.15) is 0 Å². The van der Waals surface area contributed by atoms with Crippen molar-refractivity contribution in [3.63, 3.8) is 0 Å². The van der Waals surface area contributed by atoms with Crippen molar-refractivity contribution in [3.05, 3.63) is 94.5 Å². The predicted molar refractivity (Wildman–Crippen MR) is 159 cm³/mol. The van der Waals surface area contributed by atoms with Gasteiger partial charge in [-0.25, -0.2) is 0 Å². The fourth-order valence-corrected chi connectivity index (χ4v) is 5.53. The Bertz CT molecular complexity index is 1300. The Hall–Kier alpha value is -3.19. The van der Waals surface area contributed by atoms with Crippen molar-refractivity contribution < 1.29 is 19.4 Å². The molecule has 7 heteroatoms. The number of amides is 2. The van der Waals surface area contributed by atoms with Gasteiger partial charge >= 0.3 is 0 Å². The summed E-state index contributed by atoms with van der Waals surface area (Å²) in [6, 6.07) is 23.9. The molecule has 2 atom stereocenters. The molecule has 1 aliphatic heterocycles. The second-order valence-corrected chi connectivity index (χ2v) is 11.3. The maximum Gasteiger partial charge on any atom is 0.252 e. The Kier molecular flexibility index (Phi) is 10.0. The molecule has 0 aromatic heterocycles. The molecule has 0 radical (unpaired) electrons. The molecule has 212 valence electrons. The number of nitrogens with one attached hydrogen (secondary N) is 1. The van der Waals surface area contributed by atoms with Crippen LogP contribution < -0.4 is 5.32 Å². The van der Waals surface area contributed by atoms with E-state index in [1.807, 2.05) is 30.3 Å². The summed E-state index contributed by atoms with van der Waals surface area (Å²) in [5.74, 6) is -2.20. The largest absolute Gasteiger partial charge is 0.366 e. The van der Waals surface area contributed by atoms with Crippen molar-refractivity contribution in [3.8, 4) is 11.1 Å². The maximum absolute atomic E-state index is 13.6. The summed E-state index contributed by atoms with van der Waals surface area (Å²) in [4.78, 5) is 28.3. The predicted octanol–water partition coefficient (Wildman–Crippen LogP) is 6.44. The van der Waals surface area contributed by atoms with Crippen LogP contribution in [0.4, 0.5) is 0 Å². The average molecular weight is 563 g/mol. The quantitative estimate of drug-likeness (QED) is 0.263. The molecule has 0 aliphatic carbocycles. The van der Waals surface area contributed by atoms with E-state index < -0.39 is 11.9 Å². The Labute approximate surface area is 242 Å². The molecule has 4 rings (SSSR count). The smallest absolute Gasteiger partial charge is 0.252 e. The van der Waals surface area contributed by atoms with Gasteiger partial charge in [0.1, 0.15) is 6.10 Å². The summed E-state index contributed by atoms with van der Waals surface area (Å²) in [5, 5.41) is 13.9. The molecule has 1 saturated heterocycles. The number of carbonyl (C=O) groups is 2. The monoisotopic (exact) mass is 562 g/mol. The Balaban J connectivity index is 1.40. The number of aliphatic hydroxyl groups is 1. The molecule has 0 bridgehead atoms. The van der Waals surface area contributed by atoms with Crippen LogP contribution in [0.15, 0.2) is 72.8 Å². The Morgan fingerprint density at radius 1 is 1.10 bits per heavy atom. The SMILES string of the molecule is CCCc1ccccc1-c1ccc(CNC(=O)C[C@@H](OC(C)(C)O)C(=O)N2CCC[C@@H]2c2cccc(Cl)c2)cc1. The summed E-state index contributed by atoms with van der Waals surface area (Å²) in [6.45, 7) is 5.98. The van der Waals surface area contributed by atoms with Crippen molar-refractivity contribution in [2.75, 3.05) is 6.54 Å². The van der Waals surface area contributed by atoms with E-state index in [4.69, 9.17) is 16.3 Å². The van der Waals surface area contributed by atoms with E-state index in [0.717, 1.165) is 42.4 Å². The van der Waals surface area contributed by atoms with Gasteiger partial charge < -0.3 is 20.1 Å². The van der Waals surface area contributed by atoms with Crippen LogP contribution in [0.1, 0.15) is 69.2 Å². The van der Waals surface area contributed by atoms with Gasteiger partial charge in [0.15, 0.2) is 5.79 Å². The summed E-state index contributed by atoms with van der Waals surface area (Å²) >= 11 is 6.20. The highest BCUT2D eigenvalue weighted by molar-refractivity contribution is 6.30. The third-order valence-electron chi connectivity index (χ3n) is 7.14. The van der Waals surface area contributed by atoms with E-state index in [1.54, 1.807) is 11.0 Å². The van der Waals surface area contributed by atoms with Crippen LogP contribution in [-0.4, -0.2) is 40.3 Å². The van der Waals surface area contributed by atoms with Crippen LogP contribution in [0.5, 0.6) is 0 Å². The van der Waals surface area contributed by atoms with Crippen LogP contribution in [0, 0.1) is 0 Å². The van der Waals surface area contributed by atoms with Crippen LogP contribution >= 0.6 is 11.6 Å². The number of nitrogens with zero attached hydrogens (tertiary/aromatic N) is 1. The molecule has 0 spiro atoms. The summed E-state index contributed by atoms with van der Waals surface area (Å²) in [7, 11) is 0. The Morgan fingerprint density at radius 3 is 2.55 bits per heavy atom. The fourth-order valence-electron chi connectivity index (χ4n) is 5.34. The van der Waals surface area contributed by atoms with Crippen molar-refractivity contribution in [1.82, 2.24) is 10.2 Å². The fraction of sp³-hybridized carbons (Fsp3) is 0.394. The number of hydrogen-bond donors (Lipinski definition) is 2. The lowest BCUT2D eigenvalue weighted by Crippen LogP contribution is -2.46. The maximum atomic E-state index is 13.6. The number of halogens is 1. The normalized spacial score (nSPS) is 16.1. The highest BCUT2D eigenvalue weighted by atomic mass is 35.5. The van der Waals surface area contributed by atoms with Crippen molar-refractivity contribution >= 4 is 23.4 Å². The molecule has 1 fully saturated rings. The van der Waals surface area contributed by atoms with Gasteiger partial charge in [0.2, 0.25) is 5.91 Å². The minimum atomic E-state index is -1.57. The minimum Gasteiger partial charge on any atom is -0.366 e. The van der Waals surface area contributed by atoms with Gasteiger partial charge in [0, 0.05) is 18.1 Å². The van der Waals surface area contributed by atoms with Crippen LogP contribution in [-0.2, 0) is 27.3 Å². The topological polar surface area (TPSA) is 78.9 Å². The number of aryl methyl sites for hydroxylation is 1. The number of carbonyl (C=O) groups excluding carboxylic acids is 2. The first-order valence-corrected chi connectivity index (χ1v) is 14.4. The third-order valence-corrected chi connectivity index (χ3v) is 7.37. The summed E-state index contributed by atoms with van der Waals surface area (Å²) in [6.07, 6.45) is 2.44. The number of rotatable bonds is 11. The van der Waals surface area contributed by atoms with Crippen LogP contribution in [0.3, 0.4) is 0 Å². The lowest BCUT2D eigenvalue weighted by Gasteiger charge is -2.32. The standard InChI is InChI=1S/C33H39ClN2O4/c1-4-9-24-10-5-6-13-28(24)25-17-15-23(16-18-25)22-35-31(37)21-30(40-33(2,3)39)32(38)36-19-8-14-29(36)26-11-7-12-27(34)20-26/h5-7,10-13,15-18,20,29-30,39H,4,8-9,14,19,21-22H2,1-3H3,(H,35,37)/t29-,30-/m1/s1. The molecule has 0 unspecified atom stereocenters. The van der Waals surface area contributed by atoms with E-state index in [-0.39, 0.29) is 24.3 Å². The van der Waals surface area contributed by atoms with Crippen molar-refractivity contribution in [2.45, 2.75) is 77.4 Å². The molecule has 2 amide bonds. The molecule has 3 aromatic carbocycles. The van der Waals surface area contributed by atoms with Crippen LogP contribution in [0.2, 0.25) is 5.02 Å². The van der Waals surface area contributed by atoms with Gasteiger partial charge in [-0.1, -0.05) is 85.6 Å². The molecular formula is C33H39ClN2O4. The summed E-state index contributed by atoms with van der Waals surface area (Å²) < 4.78 is 5.72. The zero-order chi connectivity index (χ0) is 28.7. The second kappa shape index (κ2) is 13.4. The molecule has 40 heavy (non-hydrogen) atoms. The average Bonchev–Trinajstić information content (AvgIpc) is 3.41.